The molecule has 2 unspecified atom stereocenters. The topological polar surface area (TPSA) is 93.7 Å². The van der Waals surface area contributed by atoms with E-state index in [-0.39, 0.29) is 17.5 Å². The summed E-state index contributed by atoms with van der Waals surface area (Å²) in [6.07, 6.45) is 0.926. The van der Waals surface area contributed by atoms with Crippen molar-refractivity contribution in [1.82, 2.24) is 5.32 Å². The lowest BCUT2D eigenvalue weighted by atomic mass is 10.00. The molecule has 0 fully saturated rings. The first-order chi connectivity index (χ1) is 20.9. The molecule has 43 heavy (non-hydrogen) atoms. The van der Waals surface area contributed by atoms with Crippen LogP contribution in [0.2, 0.25) is 0 Å². The summed E-state index contributed by atoms with van der Waals surface area (Å²) >= 11 is 0. The van der Waals surface area contributed by atoms with E-state index in [1.54, 1.807) is 55.5 Å². The van der Waals surface area contributed by atoms with Crippen LogP contribution in [0.5, 0.6) is 5.75 Å². The maximum Gasteiger partial charge on any atom is 0.328 e. The molecule has 0 bridgehead atoms. The summed E-state index contributed by atoms with van der Waals surface area (Å²) in [4.78, 5) is 38.2. The molecule has 2 N–H and O–H groups in total. The monoisotopic (exact) mass is 582 g/mol. The van der Waals surface area contributed by atoms with Gasteiger partial charge in [0.2, 0.25) is 5.91 Å². The molecule has 0 spiro atoms. The number of nitrogens with one attached hydrogen (secondary N) is 2. The number of esters is 1. The number of hydrogen-bond acceptors (Lipinski definition) is 6. The Kier molecular flexibility index (Phi) is 11.0. The summed E-state index contributed by atoms with van der Waals surface area (Å²) < 4.78 is 24.3. The standard InChI is InChI=1S/C35H35FN2O5/c1-24(27-12-8-13-28(36)23-27)34(40)37-20-9-21-43-29-18-16-25(17-19-29)22-32(35(41)42-2)38-31-15-7-6-14-30(31)33(39)26-10-4-3-5-11-26/h3-8,10-19,23-24,32,38H,9,20-22H2,1-2H3,(H,37,40). The van der Waals surface area contributed by atoms with Crippen molar-refractivity contribution in [2.45, 2.75) is 31.7 Å². The van der Waals surface area contributed by atoms with Gasteiger partial charge in [-0.1, -0.05) is 66.7 Å². The second-order valence-corrected chi connectivity index (χ2v) is 10.1. The highest BCUT2D eigenvalue weighted by molar-refractivity contribution is 6.12. The first kappa shape index (κ1) is 31.0. The maximum atomic E-state index is 13.4. The van der Waals surface area contributed by atoms with E-state index >= 15 is 0 Å². The zero-order chi connectivity index (χ0) is 30.6. The zero-order valence-electron chi connectivity index (χ0n) is 24.2. The van der Waals surface area contributed by atoms with Crippen molar-refractivity contribution >= 4 is 23.3 Å². The van der Waals surface area contributed by atoms with Crippen molar-refractivity contribution in [3.8, 4) is 5.75 Å². The Morgan fingerprint density at radius 1 is 0.860 bits per heavy atom. The highest BCUT2D eigenvalue weighted by Crippen LogP contribution is 2.22. The molecule has 2 atom stereocenters. The molecule has 4 rings (SSSR count). The fourth-order valence-electron chi connectivity index (χ4n) is 4.59. The van der Waals surface area contributed by atoms with Crippen LogP contribution >= 0.6 is 0 Å². The van der Waals surface area contributed by atoms with Crippen molar-refractivity contribution in [2.24, 2.45) is 0 Å². The van der Waals surface area contributed by atoms with Crippen molar-refractivity contribution in [2.75, 3.05) is 25.6 Å². The summed E-state index contributed by atoms with van der Waals surface area (Å²) in [7, 11) is 1.33. The normalized spacial score (nSPS) is 12.1. The average Bonchev–Trinajstić information content (AvgIpc) is 3.04. The first-order valence-electron chi connectivity index (χ1n) is 14.1. The number of ketones is 1. The van der Waals surface area contributed by atoms with Crippen molar-refractivity contribution in [3.05, 3.63) is 131 Å². The van der Waals surface area contributed by atoms with Crippen molar-refractivity contribution in [3.63, 3.8) is 0 Å². The van der Waals surface area contributed by atoms with Gasteiger partial charge in [-0.3, -0.25) is 9.59 Å². The number of amides is 1. The van der Waals surface area contributed by atoms with Crippen LogP contribution in [-0.4, -0.2) is 44.0 Å². The lowest BCUT2D eigenvalue weighted by Gasteiger charge is -2.20. The number of para-hydroxylation sites is 1. The number of ether oxygens (including phenoxy) is 2. The Morgan fingerprint density at radius 3 is 2.30 bits per heavy atom. The number of methoxy groups -OCH3 is 1. The molecule has 0 aliphatic carbocycles. The van der Waals surface area contributed by atoms with E-state index in [4.69, 9.17) is 9.47 Å². The van der Waals surface area contributed by atoms with Crippen LogP contribution < -0.4 is 15.4 Å². The molecular formula is C35H35FN2O5. The Hall–Kier alpha value is -4.98. The highest BCUT2D eigenvalue weighted by Gasteiger charge is 2.23. The van der Waals surface area contributed by atoms with E-state index < -0.39 is 17.9 Å². The van der Waals surface area contributed by atoms with E-state index in [2.05, 4.69) is 10.6 Å². The predicted octanol–water partition coefficient (Wildman–Crippen LogP) is 5.94. The summed E-state index contributed by atoms with van der Waals surface area (Å²) in [6.45, 7) is 2.56. The summed E-state index contributed by atoms with van der Waals surface area (Å²) in [5, 5.41) is 6.07. The molecule has 0 heterocycles. The van der Waals surface area contributed by atoms with Gasteiger partial charge in [0, 0.05) is 29.8 Å². The van der Waals surface area contributed by atoms with Crippen molar-refractivity contribution in [1.29, 1.82) is 0 Å². The molecule has 0 saturated carbocycles. The quantitative estimate of drug-likeness (QED) is 0.109. The zero-order valence-corrected chi connectivity index (χ0v) is 24.2. The number of rotatable bonds is 14. The van der Waals surface area contributed by atoms with Gasteiger partial charge in [0.25, 0.3) is 0 Å². The number of anilines is 1. The number of carbonyl (C=O) groups is 3. The fourth-order valence-corrected chi connectivity index (χ4v) is 4.59. The Bertz CT molecular complexity index is 1530. The van der Waals surface area contributed by atoms with Gasteiger partial charge >= 0.3 is 5.97 Å². The van der Waals surface area contributed by atoms with Crippen LogP contribution in [0.15, 0.2) is 103 Å². The first-order valence-corrected chi connectivity index (χ1v) is 14.1. The molecule has 4 aromatic rings. The minimum Gasteiger partial charge on any atom is -0.494 e. The smallest absolute Gasteiger partial charge is 0.328 e. The minimum absolute atomic E-state index is 0.144. The summed E-state index contributed by atoms with van der Waals surface area (Å²) in [5.74, 6) is -0.925. The molecule has 0 radical (unpaired) electrons. The Balaban J connectivity index is 1.29. The van der Waals surface area contributed by atoms with E-state index in [0.717, 1.165) is 5.56 Å². The molecule has 0 saturated heterocycles. The Morgan fingerprint density at radius 2 is 1.58 bits per heavy atom. The van der Waals surface area contributed by atoms with E-state index in [0.29, 0.717) is 54.1 Å². The third-order valence-corrected chi connectivity index (χ3v) is 7.02. The van der Waals surface area contributed by atoms with Gasteiger partial charge in [-0.25, -0.2) is 9.18 Å². The average molecular weight is 583 g/mol. The SMILES string of the molecule is COC(=O)C(Cc1ccc(OCCCNC(=O)C(C)c2cccc(F)c2)cc1)Nc1ccccc1C(=O)c1ccccc1. The van der Waals surface area contributed by atoms with E-state index in [1.807, 2.05) is 42.5 Å². The lowest BCUT2D eigenvalue weighted by Crippen LogP contribution is -2.33. The second-order valence-electron chi connectivity index (χ2n) is 10.1. The molecule has 8 heteroatoms. The summed E-state index contributed by atoms with van der Waals surface area (Å²) in [6, 6.07) is 28.8. The van der Waals surface area contributed by atoms with Gasteiger partial charge in [-0.05, 0) is 60.9 Å². The molecule has 1 amide bonds. The molecule has 222 valence electrons. The van der Waals surface area contributed by atoms with Crippen molar-refractivity contribution < 1.29 is 28.2 Å². The van der Waals surface area contributed by atoms with Crippen LogP contribution in [0.1, 0.15) is 46.3 Å². The fraction of sp³-hybridized carbons (Fsp3) is 0.229. The van der Waals surface area contributed by atoms with Gasteiger partial charge in [-0.15, -0.1) is 0 Å². The van der Waals surface area contributed by atoms with Crippen LogP contribution in [0.4, 0.5) is 10.1 Å². The number of halogens is 1. The molecule has 0 aromatic heterocycles. The van der Waals surface area contributed by atoms with Crippen LogP contribution in [0.3, 0.4) is 0 Å². The minimum atomic E-state index is -0.722. The van der Waals surface area contributed by atoms with Crippen LogP contribution in [-0.2, 0) is 20.7 Å². The Labute approximate surface area is 251 Å². The van der Waals surface area contributed by atoms with E-state index in [1.165, 1.54) is 19.2 Å². The second kappa shape index (κ2) is 15.3. The predicted molar refractivity (Wildman–Crippen MR) is 164 cm³/mol. The molecule has 0 aliphatic heterocycles. The molecular weight excluding hydrogens is 547 g/mol. The van der Waals surface area contributed by atoms with Crippen LogP contribution in [0, 0.1) is 5.82 Å². The highest BCUT2D eigenvalue weighted by atomic mass is 19.1. The largest absolute Gasteiger partial charge is 0.494 e. The molecule has 7 nitrogen and oxygen atoms in total. The third kappa shape index (κ3) is 8.75. The van der Waals surface area contributed by atoms with Gasteiger partial charge in [0.05, 0.1) is 19.6 Å². The van der Waals surface area contributed by atoms with E-state index in [9.17, 15) is 18.8 Å². The number of hydrogen-bond donors (Lipinski definition) is 2. The number of carbonyl (C=O) groups excluding carboxylic acids is 3. The molecule has 4 aromatic carbocycles. The van der Waals surface area contributed by atoms with Crippen LogP contribution in [0.25, 0.3) is 0 Å². The lowest BCUT2D eigenvalue weighted by molar-refractivity contribution is -0.141. The maximum absolute atomic E-state index is 13.4. The van der Waals surface area contributed by atoms with Gasteiger partial charge < -0.3 is 20.1 Å². The molecule has 0 aliphatic rings. The number of benzene rings is 4. The third-order valence-electron chi connectivity index (χ3n) is 7.02. The van der Waals surface area contributed by atoms with Gasteiger partial charge in [0.1, 0.15) is 17.6 Å². The summed E-state index contributed by atoms with van der Waals surface area (Å²) in [5.41, 5.74) is 3.07. The van der Waals surface area contributed by atoms with Gasteiger partial charge in [0.15, 0.2) is 5.78 Å². The van der Waals surface area contributed by atoms with Gasteiger partial charge in [-0.2, -0.15) is 0 Å².